The van der Waals surface area contributed by atoms with Crippen LogP contribution >= 0.6 is 0 Å². The quantitative estimate of drug-likeness (QED) is 0.689. The van der Waals surface area contributed by atoms with Crippen molar-refractivity contribution in [3.05, 3.63) is 23.8 Å². The van der Waals surface area contributed by atoms with Crippen molar-refractivity contribution in [2.45, 2.75) is 46.5 Å². The zero-order chi connectivity index (χ0) is 13.8. The molecule has 0 aromatic carbocycles. The van der Waals surface area contributed by atoms with Crippen molar-refractivity contribution < 1.29 is 4.79 Å². The second-order valence-electron chi connectivity index (χ2n) is 6.37. The van der Waals surface area contributed by atoms with Gasteiger partial charge in [-0.25, -0.2) is 0 Å². The minimum atomic E-state index is 0.212. The molecule has 2 aliphatic rings. The summed E-state index contributed by atoms with van der Waals surface area (Å²) < 4.78 is 0. The molecule has 2 nitrogen and oxygen atoms in total. The number of amides is 1. The number of hydrogen-bond donors (Lipinski definition) is 0. The van der Waals surface area contributed by atoms with Gasteiger partial charge in [0.2, 0.25) is 5.91 Å². The van der Waals surface area contributed by atoms with E-state index in [4.69, 9.17) is 0 Å². The molecule has 19 heavy (non-hydrogen) atoms. The van der Waals surface area contributed by atoms with Gasteiger partial charge in [-0.2, -0.15) is 0 Å². The molecule has 0 radical (unpaired) electrons. The first-order valence-corrected chi connectivity index (χ1v) is 7.65. The van der Waals surface area contributed by atoms with Gasteiger partial charge in [-0.3, -0.25) is 4.79 Å². The van der Waals surface area contributed by atoms with Gasteiger partial charge in [0.25, 0.3) is 0 Å². The molecule has 2 unspecified atom stereocenters. The topological polar surface area (TPSA) is 20.3 Å². The van der Waals surface area contributed by atoms with Gasteiger partial charge in [0.15, 0.2) is 0 Å². The Morgan fingerprint density at radius 2 is 2.16 bits per heavy atom. The molecule has 0 aromatic heterocycles. The van der Waals surface area contributed by atoms with Crippen LogP contribution in [0.4, 0.5) is 0 Å². The number of allylic oxidation sites excluding steroid dienone is 3. The molecule has 0 saturated heterocycles. The number of nitrogens with zero attached hydrogens (tertiary/aromatic N) is 1. The van der Waals surface area contributed by atoms with E-state index in [-0.39, 0.29) is 5.91 Å². The monoisotopic (exact) mass is 261 g/mol. The molecule has 0 N–H and O–H groups in total. The van der Waals surface area contributed by atoms with Gasteiger partial charge >= 0.3 is 0 Å². The predicted octanol–water partition coefficient (Wildman–Crippen LogP) is 3.79. The van der Waals surface area contributed by atoms with Crippen LogP contribution in [0.25, 0.3) is 0 Å². The molecule has 2 rings (SSSR count). The van der Waals surface area contributed by atoms with Crippen LogP contribution < -0.4 is 0 Å². The average molecular weight is 261 g/mol. The molecule has 0 spiro atoms. The second-order valence-corrected chi connectivity index (χ2v) is 6.37. The van der Waals surface area contributed by atoms with E-state index in [9.17, 15) is 4.79 Å². The summed E-state index contributed by atoms with van der Waals surface area (Å²) in [5.74, 6) is 2.28. The summed E-state index contributed by atoms with van der Waals surface area (Å²) in [6.07, 6.45) is 12.0. The summed E-state index contributed by atoms with van der Waals surface area (Å²) >= 11 is 0. The van der Waals surface area contributed by atoms with Crippen molar-refractivity contribution in [1.82, 2.24) is 4.90 Å². The van der Waals surface area contributed by atoms with Crippen LogP contribution in [0.2, 0.25) is 0 Å². The first kappa shape index (κ1) is 14.4. The van der Waals surface area contributed by atoms with Crippen molar-refractivity contribution >= 4 is 5.91 Å². The zero-order valence-electron chi connectivity index (χ0n) is 12.6. The summed E-state index contributed by atoms with van der Waals surface area (Å²) in [5, 5.41) is 0. The van der Waals surface area contributed by atoms with Gasteiger partial charge < -0.3 is 4.90 Å². The lowest BCUT2D eigenvalue weighted by molar-refractivity contribution is -0.128. The Labute approximate surface area is 117 Å². The Hall–Kier alpha value is -1.05. The van der Waals surface area contributed by atoms with Gasteiger partial charge in [-0.05, 0) is 50.4 Å². The third kappa shape index (κ3) is 4.52. The van der Waals surface area contributed by atoms with Crippen LogP contribution in [0, 0.1) is 17.8 Å². The Morgan fingerprint density at radius 3 is 2.74 bits per heavy atom. The Morgan fingerprint density at radius 1 is 1.42 bits per heavy atom. The summed E-state index contributed by atoms with van der Waals surface area (Å²) in [6.45, 7) is 7.95. The first-order valence-electron chi connectivity index (χ1n) is 7.65. The van der Waals surface area contributed by atoms with Gasteiger partial charge in [-0.1, -0.05) is 30.7 Å². The van der Waals surface area contributed by atoms with E-state index in [0.717, 1.165) is 19.0 Å². The van der Waals surface area contributed by atoms with E-state index < -0.39 is 0 Å². The molecule has 1 amide bonds. The van der Waals surface area contributed by atoms with E-state index in [1.165, 1.54) is 31.3 Å². The van der Waals surface area contributed by atoms with Crippen LogP contribution in [0.15, 0.2) is 23.8 Å². The molecule has 0 aromatic rings. The lowest BCUT2D eigenvalue weighted by Gasteiger charge is -2.25. The predicted molar refractivity (Wildman–Crippen MR) is 79.8 cm³/mol. The molecule has 106 valence electrons. The fraction of sp³-hybridized carbons (Fsp3) is 0.706. The molecular weight excluding hydrogens is 234 g/mol. The van der Waals surface area contributed by atoms with Crippen LogP contribution in [0.3, 0.4) is 0 Å². The van der Waals surface area contributed by atoms with Crippen molar-refractivity contribution in [3.63, 3.8) is 0 Å². The van der Waals surface area contributed by atoms with Crippen LogP contribution in [0.5, 0.6) is 0 Å². The third-order valence-corrected chi connectivity index (χ3v) is 4.42. The number of carbonyl (C=O) groups excluding carboxylic acids is 1. The normalized spacial score (nSPS) is 27.4. The maximum Gasteiger partial charge on any atom is 0.219 e. The lowest BCUT2D eigenvalue weighted by atomic mass is 9.82. The highest BCUT2D eigenvalue weighted by atomic mass is 16.2. The van der Waals surface area contributed by atoms with Crippen molar-refractivity contribution in [3.8, 4) is 0 Å². The largest absolute Gasteiger partial charge is 0.339 e. The number of rotatable bonds is 5. The fourth-order valence-corrected chi connectivity index (χ4v) is 2.89. The molecule has 2 atom stereocenters. The molecule has 0 heterocycles. The van der Waals surface area contributed by atoms with Crippen molar-refractivity contribution in [1.29, 1.82) is 0 Å². The summed E-state index contributed by atoms with van der Waals surface area (Å²) in [7, 11) is 0. The summed E-state index contributed by atoms with van der Waals surface area (Å²) in [6, 6.07) is 0. The molecular formula is C17H27NO. The van der Waals surface area contributed by atoms with Crippen LogP contribution in [0.1, 0.15) is 46.5 Å². The van der Waals surface area contributed by atoms with Crippen LogP contribution in [-0.4, -0.2) is 23.9 Å². The molecule has 0 aliphatic heterocycles. The highest BCUT2D eigenvalue weighted by Gasteiger charge is 2.25. The van der Waals surface area contributed by atoms with Gasteiger partial charge in [0, 0.05) is 20.0 Å². The minimum Gasteiger partial charge on any atom is -0.339 e. The maximum atomic E-state index is 11.6. The summed E-state index contributed by atoms with van der Waals surface area (Å²) in [5.41, 5.74) is 1.52. The van der Waals surface area contributed by atoms with E-state index in [0.29, 0.717) is 11.8 Å². The average Bonchev–Trinajstić information content (AvgIpc) is 3.14. The van der Waals surface area contributed by atoms with Gasteiger partial charge in [-0.15, -0.1) is 0 Å². The minimum absolute atomic E-state index is 0.212. The number of carbonyl (C=O) groups is 1. The molecule has 1 fully saturated rings. The second kappa shape index (κ2) is 6.40. The van der Waals surface area contributed by atoms with Crippen molar-refractivity contribution in [2.24, 2.45) is 17.8 Å². The van der Waals surface area contributed by atoms with Gasteiger partial charge in [0.05, 0.1) is 0 Å². The molecule has 2 aliphatic carbocycles. The highest BCUT2D eigenvalue weighted by molar-refractivity contribution is 5.73. The van der Waals surface area contributed by atoms with E-state index in [1.54, 1.807) is 6.92 Å². The zero-order valence-corrected chi connectivity index (χ0v) is 12.6. The molecule has 1 saturated carbocycles. The molecule has 0 bridgehead atoms. The van der Waals surface area contributed by atoms with E-state index in [1.807, 2.05) is 4.90 Å². The Kier molecular flexibility index (Phi) is 4.84. The van der Waals surface area contributed by atoms with Crippen LogP contribution in [-0.2, 0) is 4.79 Å². The summed E-state index contributed by atoms with van der Waals surface area (Å²) in [4.78, 5) is 13.6. The number of hydrogen-bond acceptors (Lipinski definition) is 1. The van der Waals surface area contributed by atoms with E-state index in [2.05, 4.69) is 32.1 Å². The standard InChI is InChI=1S/C17H27NO/c1-13-6-9-17(14(2)11-13)5-4-10-18(15(3)19)12-16-7-8-16/h4-5,11,14,16-17H,6-10,12H2,1-3H3/b5-4+. The van der Waals surface area contributed by atoms with E-state index >= 15 is 0 Å². The maximum absolute atomic E-state index is 11.6. The smallest absolute Gasteiger partial charge is 0.219 e. The highest BCUT2D eigenvalue weighted by Crippen LogP contribution is 2.30. The Balaban J connectivity index is 1.82. The fourth-order valence-electron chi connectivity index (χ4n) is 2.89. The van der Waals surface area contributed by atoms with Gasteiger partial charge in [0.1, 0.15) is 0 Å². The molecule has 2 heteroatoms. The first-order chi connectivity index (χ1) is 9.06. The van der Waals surface area contributed by atoms with Crippen molar-refractivity contribution in [2.75, 3.05) is 13.1 Å². The SMILES string of the molecule is CC(=O)N(C/C=C/C1CCC(C)=CC1C)CC1CC1. The Bertz CT molecular complexity index is 379. The lowest BCUT2D eigenvalue weighted by Crippen LogP contribution is -2.31. The third-order valence-electron chi connectivity index (χ3n) is 4.42.